The molecule has 0 amide bonds. The normalized spacial score (nSPS) is 11.5. The van der Waals surface area contributed by atoms with Crippen molar-refractivity contribution in [3.63, 3.8) is 0 Å². The SMILES string of the molecule is C=N/C(=C/CO)c1ccc(Br)c(C)n1. The van der Waals surface area contributed by atoms with Gasteiger partial charge in [-0.05, 0) is 47.8 Å². The lowest BCUT2D eigenvalue weighted by Gasteiger charge is -2.03. The Bertz CT molecular complexity index is 374. The summed E-state index contributed by atoms with van der Waals surface area (Å²) in [6.07, 6.45) is 1.57. The van der Waals surface area contributed by atoms with Crippen LogP contribution in [-0.2, 0) is 0 Å². The molecule has 14 heavy (non-hydrogen) atoms. The maximum Gasteiger partial charge on any atom is 0.0887 e. The number of halogens is 1. The summed E-state index contributed by atoms with van der Waals surface area (Å²) in [5.74, 6) is 0. The highest BCUT2D eigenvalue weighted by atomic mass is 79.9. The lowest BCUT2D eigenvalue weighted by Crippen LogP contribution is -1.91. The van der Waals surface area contributed by atoms with E-state index in [2.05, 4.69) is 32.6 Å². The number of pyridine rings is 1. The van der Waals surface area contributed by atoms with E-state index >= 15 is 0 Å². The first-order chi connectivity index (χ1) is 6.69. The van der Waals surface area contributed by atoms with Crippen molar-refractivity contribution in [3.05, 3.63) is 34.1 Å². The molecule has 3 nitrogen and oxygen atoms in total. The quantitative estimate of drug-likeness (QED) is 0.841. The molecule has 4 heteroatoms. The van der Waals surface area contributed by atoms with E-state index in [0.717, 1.165) is 15.9 Å². The van der Waals surface area contributed by atoms with Crippen LogP contribution in [0.2, 0.25) is 0 Å². The Hall–Kier alpha value is -1.00. The fraction of sp³-hybridized carbons (Fsp3) is 0.200. The van der Waals surface area contributed by atoms with Crippen LogP contribution in [0.15, 0.2) is 27.7 Å². The van der Waals surface area contributed by atoms with E-state index in [9.17, 15) is 0 Å². The summed E-state index contributed by atoms with van der Waals surface area (Å²) in [5.41, 5.74) is 2.20. The van der Waals surface area contributed by atoms with E-state index < -0.39 is 0 Å². The van der Waals surface area contributed by atoms with Crippen LogP contribution in [0.3, 0.4) is 0 Å². The Morgan fingerprint density at radius 1 is 1.71 bits per heavy atom. The van der Waals surface area contributed by atoms with Crippen molar-refractivity contribution >= 4 is 28.3 Å². The van der Waals surface area contributed by atoms with Crippen LogP contribution < -0.4 is 0 Å². The Morgan fingerprint density at radius 3 is 2.93 bits per heavy atom. The molecule has 0 aliphatic heterocycles. The lowest BCUT2D eigenvalue weighted by atomic mass is 10.2. The van der Waals surface area contributed by atoms with Gasteiger partial charge in [-0.15, -0.1) is 0 Å². The van der Waals surface area contributed by atoms with Gasteiger partial charge in [-0.3, -0.25) is 9.98 Å². The van der Waals surface area contributed by atoms with E-state index in [-0.39, 0.29) is 6.61 Å². The van der Waals surface area contributed by atoms with Crippen LogP contribution in [-0.4, -0.2) is 23.4 Å². The van der Waals surface area contributed by atoms with Gasteiger partial charge in [-0.1, -0.05) is 0 Å². The van der Waals surface area contributed by atoms with Gasteiger partial charge in [0, 0.05) is 4.47 Å². The second-order valence-electron chi connectivity index (χ2n) is 2.69. The fourth-order valence-electron chi connectivity index (χ4n) is 1.02. The van der Waals surface area contributed by atoms with Crippen molar-refractivity contribution in [1.29, 1.82) is 0 Å². The molecule has 0 spiro atoms. The third-order valence-corrected chi connectivity index (χ3v) is 2.58. The molecule has 74 valence electrons. The van der Waals surface area contributed by atoms with Gasteiger partial charge in [0.2, 0.25) is 0 Å². The summed E-state index contributed by atoms with van der Waals surface area (Å²) in [6.45, 7) is 5.26. The Kier molecular flexibility index (Phi) is 3.98. The summed E-state index contributed by atoms with van der Waals surface area (Å²) in [5, 5.41) is 8.75. The number of hydrogen-bond donors (Lipinski definition) is 1. The topological polar surface area (TPSA) is 45.5 Å². The van der Waals surface area contributed by atoms with Crippen LogP contribution in [0, 0.1) is 6.92 Å². The third kappa shape index (κ3) is 2.49. The maximum atomic E-state index is 8.75. The molecular weight excluding hydrogens is 244 g/mol. The smallest absolute Gasteiger partial charge is 0.0887 e. The van der Waals surface area contributed by atoms with Crippen molar-refractivity contribution in [2.24, 2.45) is 4.99 Å². The molecule has 0 fully saturated rings. The van der Waals surface area contributed by atoms with Crippen molar-refractivity contribution in [3.8, 4) is 0 Å². The first-order valence-electron chi connectivity index (χ1n) is 4.10. The number of rotatable bonds is 3. The van der Waals surface area contributed by atoms with Gasteiger partial charge in [-0.2, -0.15) is 0 Å². The number of aliphatic imine (C=N–C) groups is 1. The van der Waals surface area contributed by atoms with E-state index in [4.69, 9.17) is 5.11 Å². The number of aliphatic hydroxyl groups excluding tert-OH is 1. The van der Waals surface area contributed by atoms with Crippen molar-refractivity contribution in [2.45, 2.75) is 6.92 Å². The molecule has 1 N–H and O–H groups in total. The maximum absolute atomic E-state index is 8.75. The van der Waals surface area contributed by atoms with E-state index in [1.807, 2.05) is 19.1 Å². The average molecular weight is 255 g/mol. The van der Waals surface area contributed by atoms with Crippen molar-refractivity contribution in [1.82, 2.24) is 4.98 Å². The molecule has 1 aromatic heterocycles. The zero-order valence-electron chi connectivity index (χ0n) is 7.87. The molecule has 0 saturated heterocycles. The van der Waals surface area contributed by atoms with E-state index in [0.29, 0.717) is 5.70 Å². The summed E-state index contributed by atoms with van der Waals surface area (Å²) >= 11 is 3.36. The molecule has 1 aromatic rings. The monoisotopic (exact) mass is 254 g/mol. The van der Waals surface area contributed by atoms with Gasteiger partial charge >= 0.3 is 0 Å². The van der Waals surface area contributed by atoms with Gasteiger partial charge < -0.3 is 5.11 Å². The zero-order valence-corrected chi connectivity index (χ0v) is 9.45. The molecule has 0 saturated carbocycles. The Morgan fingerprint density at radius 2 is 2.43 bits per heavy atom. The summed E-state index contributed by atoms with van der Waals surface area (Å²) in [4.78, 5) is 8.09. The Balaban J connectivity index is 3.12. The summed E-state index contributed by atoms with van der Waals surface area (Å²) in [6, 6.07) is 3.72. The molecule has 0 atom stereocenters. The zero-order chi connectivity index (χ0) is 10.6. The minimum atomic E-state index is -0.0643. The van der Waals surface area contributed by atoms with E-state index in [1.54, 1.807) is 6.08 Å². The summed E-state index contributed by atoms with van der Waals surface area (Å²) in [7, 11) is 0. The number of hydrogen-bond acceptors (Lipinski definition) is 3. The van der Waals surface area contributed by atoms with Gasteiger partial charge in [0.15, 0.2) is 0 Å². The van der Waals surface area contributed by atoms with Crippen LogP contribution in [0.25, 0.3) is 5.70 Å². The van der Waals surface area contributed by atoms with Gasteiger partial charge in [0.05, 0.1) is 23.7 Å². The minimum absolute atomic E-state index is 0.0643. The highest BCUT2D eigenvalue weighted by molar-refractivity contribution is 9.10. The fourth-order valence-corrected chi connectivity index (χ4v) is 1.24. The predicted octanol–water partition coefficient (Wildman–Crippen LogP) is 2.19. The summed E-state index contributed by atoms with van der Waals surface area (Å²) < 4.78 is 0.952. The number of nitrogens with zero attached hydrogens (tertiary/aromatic N) is 2. The van der Waals surface area contributed by atoms with Crippen LogP contribution >= 0.6 is 15.9 Å². The van der Waals surface area contributed by atoms with E-state index in [1.165, 1.54) is 0 Å². The van der Waals surface area contributed by atoms with Gasteiger partial charge in [0.25, 0.3) is 0 Å². The molecule has 1 heterocycles. The minimum Gasteiger partial charge on any atom is -0.392 e. The molecule has 0 aliphatic carbocycles. The van der Waals surface area contributed by atoms with Crippen LogP contribution in [0.4, 0.5) is 0 Å². The molecular formula is C10H11BrN2O. The molecule has 0 unspecified atom stereocenters. The van der Waals surface area contributed by atoms with Crippen molar-refractivity contribution < 1.29 is 5.11 Å². The van der Waals surface area contributed by atoms with Gasteiger partial charge in [0.1, 0.15) is 0 Å². The first-order valence-corrected chi connectivity index (χ1v) is 4.89. The molecule has 0 aromatic carbocycles. The van der Waals surface area contributed by atoms with Crippen LogP contribution in [0.5, 0.6) is 0 Å². The third-order valence-electron chi connectivity index (χ3n) is 1.74. The standard InChI is InChI=1S/C10H11BrN2O/c1-7-8(11)3-4-10(13-7)9(12-2)5-6-14/h3-5,14H,2,6H2,1H3/b9-5+. The Labute approximate surface area is 91.3 Å². The average Bonchev–Trinajstić information content (AvgIpc) is 2.19. The highest BCUT2D eigenvalue weighted by Crippen LogP contribution is 2.18. The molecule has 1 rings (SSSR count). The number of aryl methyl sites for hydroxylation is 1. The second kappa shape index (κ2) is 5.02. The molecule has 0 radical (unpaired) electrons. The lowest BCUT2D eigenvalue weighted by molar-refractivity contribution is 0.343. The molecule has 0 bridgehead atoms. The highest BCUT2D eigenvalue weighted by Gasteiger charge is 2.02. The largest absolute Gasteiger partial charge is 0.392 e. The number of aliphatic hydroxyl groups is 1. The van der Waals surface area contributed by atoms with Crippen LogP contribution in [0.1, 0.15) is 11.4 Å². The van der Waals surface area contributed by atoms with Crippen molar-refractivity contribution in [2.75, 3.05) is 6.61 Å². The molecule has 0 aliphatic rings. The second-order valence-corrected chi connectivity index (χ2v) is 3.55. The van der Waals surface area contributed by atoms with Gasteiger partial charge in [-0.25, -0.2) is 0 Å². The number of aromatic nitrogens is 1. The first kappa shape index (κ1) is 11.1. The predicted molar refractivity (Wildman–Crippen MR) is 61.3 cm³/mol.